The number of carboxylic acids is 2. The van der Waals surface area contributed by atoms with Crippen LogP contribution in [0.2, 0.25) is 0 Å². The van der Waals surface area contributed by atoms with Crippen molar-refractivity contribution in [1.82, 2.24) is 0 Å². The molecule has 0 aromatic heterocycles. The summed E-state index contributed by atoms with van der Waals surface area (Å²) in [6.45, 7) is 0. The van der Waals surface area contributed by atoms with E-state index in [1.54, 1.807) is 24.3 Å². The number of hydrogen-bond donors (Lipinski definition) is 2. The Labute approximate surface area is 139 Å². The smallest absolute Gasteiger partial charge is 0.336 e. The zero-order valence-corrected chi connectivity index (χ0v) is 13.3. The Hall–Kier alpha value is -3.15. The fourth-order valence-corrected chi connectivity index (χ4v) is 2.39. The molecule has 0 atom stereocenters. The molecule has 0 saturated carbocycles. The van der Waals surface area contributed by atoms with Crippen molar-refractivity contribution in [3.63, 3.8) is 0 Å². The third-order valence-corrected chi connectivity index (χ3v) is 3.68. The minimum Gasteiger partial charge on any atom is -0.478 e. The molecule has 0 amide bonds. The topological polar surface area (TPSA) is 94.9 Å². The first-order valence-corrected chi connectivity index (χ1v) is 7.20. The van der Waals surface area contributed by atoms with E-state index in [9.17, 15) is 24.6 Å². The maximum absolute atomic E-state index is 12.4. The Kier molecular flexibility index (Phi) is 4.99. The van der Waals surface area contributed by atoms with E-state index in [4.69, 9.17) is 0 Å². The summed E-state index contributed by atoms with van der Waals surface area (Å²) in [6, 6.07) is 10.8. The minimum atomic E-state index is -1.26. The van der Waals surface area contributed by atoms with E-state index in [2.05, 4.69) is 0 Å². The van der Waals surface area contributed by atoms with Gasteiger partial charge in [0, 0.05) is 31.8 Å². The van der Waals surface area contributed by atoms with E-state index in [1.165, 1.54) is 18.2 Å². The van der Waals surface area contributed by atoms with E-state index in [-0.39, 0.29) is 28.9 Å². The van der Waals surface area contributed by atoms with Gasteiger partial charge in [0.15, 0.2) is 5.78 Å². The van der Waals surface area contributed by atoms with E-state index in [0.717, 1.165) is 5.69 Å². The molecular formula is C18H17NO5. The van der Waals surface area contributed by atoms with E-state index < -0.39 is 11.9 Å². The Morgan fingerprint density at radius 2 is 1.38 bits per heavy atom. The van der Waals surface area contributed by atoms with Gasteiger partial charge in [-0.15, -0.1) is 0 Å². The Morgan fingerprint density at radius 1 is 0.875 bits per heavy atom. The Bertz CT molecular complexity index is 761. The fourth-order valence-electron chi connectivity index (χ4n) is 2.39. The number of carboxylic acid groups (broad SMARTS) is 2. The van der Waals surface area contributed by atoms with Crippen LogP contribution in [-0.2, 0) is 6.42 Å². The normalized spacial score (nSPS) is 10.2. The summed E-state index contributed by atoms with van der Waals surface area (Å²) < 4.78 is 0. The van der Waals surface area contributed by atoms with Crippen LogP contribution in [0.4, 0.5) is 5.69 Å². The van der Waals surface area contributed by atoms with Gasteiger partial charge >= 0.3 is 11.9 Å². The van der Waals surface area contributed by atoms with Gasteiger partial charge in [-0.2, -0.15) is 0 Å². The highest BCUT2D eigenvalue weighted by Crippen LogP contribution is 2.20. The minimum absolute atomic E-state index is 0.0131. The third-order valence-electron chi connectivity index (χ3n) is 3.68. The average Bonchev–Trinajstić information content (AvgIpc) is 2.54. The van der Waals surface area contributed by atoms with Gasteiger partial charge in [-0.3, -0.25) is 4.79 Å². The third kappa shape index (κ3) is 3.60. The number of aromatic carboxylic acids is 2. The number of Topliss-reactive ketones (excluding diaryl/α,β-unsaturated/α-hetero) is 1. The molecule has 2 aromatic rings. The van der Waals surface area contributed by atoms with Crippen LogP contribution in [0.25, 0.3) is 0 Å². The number of hydrogen-bond acceptors (Lipinski definition) is 4. The van der Waals surface area contributed by atoms with Crippen LogP contribution < -0.4 is 4.90 Å². The molecule has 124 valence electrons. The predicted molar refractivity (Wildman–Crippen MR) is 89.2 cm³/mol. The summed E-state index contributed by atoms with van der Waals surface area (Å²) in [5.41, 5.74) is 0.987. The van der Waals surface area contributed by atoms with Gasteiger partial charge in [0.1, 0.15) is 0 Å². The van der Waals surface area contributed by atoms with E-state index >= 15 is 0 Å². The lowest BCUT2D eigenvalue weighted by atomic mass is 9.94. The number of rotatable bonds is 6. The van der Waals surface area contributed by atoms with E-state index in [1.807, 2.05) is 19.0 Å². The SMILES string of the molecule is CN(C)c1ccc(C(=O)Cc2c(C(=O)O)cccc2C(=O)O)cc1. The van der Waals surface area contributed by atoms with Crippen LogP contribution in [0.3, 0.4) is 0 Å². The summed E-state index contributed by atoms with van der Waals surface area (Å²) in [5.74, 6) is -2.86. The lowest BCUT2D eigenvalue weighted by Crippen LogP contribution is -2.14. The molecule has 0 saturated heterocycles. The summed E-state index contributed by atoms with van der Waals surface area (Å²) in [5, 5.41) is 18.5. The molecule has 0 radical (unpaired) electrons. The molecule has 0 aliphatic heterocycles. The van der Waals surface area contributed by atoms with Gasteiger partial charge in [0.05, 0.1) is 11.1 Å². The van der Waals surface area contributed by atoms with Crippen molar-refractivity contribution in [3.05, 3.63) is 64.7 Å². The molecule has 2 aromatic carbocycles. The summed E-state index contributed by atoms with van der Waals surface area (Å²) >= 11 is 0. The molecule has 0 aliphatic rings. The number of anilines is 1. The second-order valence-electron chi connectivity index (χ2n) is 5.48. The van der Waals surface area contributed by atoms with Crippen molar-refractivity contribution < 1.29 is 24.6 Å². The number of nitrogens with zero attached hydrogens (tertiary/aromatic N) is 1. The van der Waals surface area contributed by atoms with Gasteiger partial charge in [-0.25, -0.2) is 9.59 Å². The maximum Gasteiger partial charge on any atom is 0.336 e. The van der Waals surface area contributed by atoms with Crippen molar-refractivity contribution in [3.8, 4) is 0 Å². The monoisotopic (exact) mass is 327 g/mol. The highest BCUT2D eigenvalue weighted by molar-refractivity contribution is 6.03. The number of benzene rings is 2. The molecular weight excluding hydrogens is 310 g/mol. The van der Waals surface area contributed by atoms with Crippen LogP contribution in [0, 0.1) is 0 Å². The Balaban J connectivity index is 2.37. The lowest BCUT2D eigenvalue weighted by Gasteiger charge is -2.13. The molecule has 2 N–H and O–H groups in total. The van der Waals surface area contributed by atoms with Crippen LogP contribution in [0.1, 0.15) is 36.6 Å². The molecule has 0 heterocycles. The first kappa shape index (κ1) is 17.2. The highest BCUT2D eigenvalue weighted by atomic mass is 16.4. The number of carbonyl (C=O) groups excluding carboxylic acids is 1. The summed E-state index contributed by atoms with van der Waals surface area (Å²) in [4.78, 5) is 37.0. The predicted octanol–water partition coefficient (Wildman–Crippen LogP) is 2.57. The Morgan fingerprint density at radius 3 is 1.79 bits per heavy atom. The molecule has 0 aliphatic carbocycles. The molecule has 0 unspecified atom stereocenters. The zero-order chi connectivity index (χ0) is 17.9. The van der Waals surface area contributed by atoms with E-state index in [0.29, 0.717) is 5.56 Å². The highest BCUT2D eigenvalue weighted by Gasteiger charge is 2.21. The van der Waals surface area contributed by atoms with Crippen LogP contribution in [0.5, 0.6) is 0 Å². The van der Waals surface area contributed by atoms with Gasteiger partial charge in [0.2, 0.25) is 0 Å². The van der Waals surface area contributed by atoms with Crippen molar-refractivity contribution >= 4 is 23.4 Å². The molecule has 24 heavy (non-hydrogen) atoms. The van der Waals surface area contributed by atoms with Gasteiger partial charge < -0.3 is 15.1 Å². The molecule has 0 fully saturated rings. The molecule has 2 rings (SSSR count). The first-order valence-electron chi connectivity index (χ1n) is 7.20. The van der Waals surface area contributed by atoms with Crippen LogP contribution in [0.15, 0.2) is 42.5 Å². The first-order chi connectivity index (χ1) is 11.3. The molecule has 0 spiro atoms. The molecule has 6 nitrogen and oxygen atoms in total. The van der Waals surface area contributed by atoms with Gasteiger partial charge in [-0.05, 0) is 42.0 Å². The standard InChI is InChI=1S/C18H17NO5/c1-19(2)12-8-6-11(7-9-12)16(20)10-15-13(17(21)22)4-3-5-14(15)18(23)24/h3-9H,10H2,1-2H3,(H,21,22)(H,23,24). The largest absolute Gasteiger partial charge is 0.478 e. The van der Waals surface area contributed by atoms with Crippen molar-refractivity contribution in [2.24, 2.45) is 0 Å². The lowest BCUT2D eigenvalue weighted by molar-refractivity contribution is 0.0696. The maximum atomic E-state index is 12.4. The molecule has 6 heteroatoms. The number of ketones is 1. The van der Waals surface area contributed by atoms with Crippen LogP contribution in [-0.4, -0.2) is 42.0 Å². The fraction of sp³-hybridized carbons (Fsp3) is 0.167. The van der Waals surface area contributed by atoms with Gasteiger partial charge in [0.25, 0.3) is 0 Å². The zero-order valence-electron chi connectivity index (χ0n) is 13.3. The van der Waals surface area contributed by atoms with Crippen molar-refractivity contribution in [1.29, 1.82) is 0 Å². The molecule has 0 bridgehead atoms. The quantitative estimate of drug-likeness (QED) is 0.792. The van der Waals surface area contributed by atoms with Crippen molar-refractivity contribution in [2.45, 2.75) is 6.42 Å². The van der Waals surface area contributed by atoms with Gasteiger partial charge in [-0.1, -0.05) is 6.07 Å². The number of carbonyl (C=O) groups is 3. The second-order valence-corrected chi connectivity index (χ2v) is 5.48. The summed E-state index contributed by atoms with van der Waals surface area (Å²) in [7, 11) is 3.75. The average molecular weight is 327 g/mol. The summed E-state index contributed by atoms with van der Waals surface area (Å²) in [6.07, 6.45) is -0.286. The second kappa shape index (κ2) is 6.95. The van der Waals surface area contributed by atoms with Crippen LogP contribution >= 0.6 is 0 Å². The van der Waals surface area contributed by atoms with Crippen molar-refractivity contribution in [2.75, 3.05) is 19.0 Å².